The fraction of sp³-hybridized carbons (Fsp3) is 0.700. The SMILES string of the molecule is CN(C)C(=O)N(CC(=O)N(Cc1cccn1C)C1CC1)C1CCCCC1. The Morgan fingerprint density at radius 2 is 1.69 bits per heavy atom. The molecule has 0 spiro atoms. The first kappa shape index (κ1) is 18.8. The molecule has 0 N–H and O–H groups in total. The summed E-state index contributed by atoms with van der Waals surface area (Å²) >= 11 is 0. The van der Waals surface area contributed by atoms with Crippen molar-refractivity contribution in [2.45, 2.75) is 63.6 Å². The first-order chi connectivity index (χ1) is 12.5. The van der Waals surface area contributed by atoms with E-state index < -0.39 is 0 Å². The number of carbonyl (C=O) groups excluding carboxylic acids is 2. The zero-order valence-electron chi connectivity index (χ0n) is 16.4. The fourth-order valence-electron chi connectivity index (χ4n) is 3.88. The van der Waals surface area contributed by atoms with Crippen molar-refractivity contribution in [1.82, 2.24) is 19.3 Å². The van der Waals surface area contributed by atoms with Crippen LogP contribution < -0.4 is 0 Å². The lowest BCUT2D eigenvalue weighted by Gasteiger charge is -2.37. The molecular formula is C20H32N4O2. The molecule has 0 unspecified atom stereocenters. The molecule has 2 saturated carbocycles. The molecule has 3 amide bonds. The highest BCUT2D eigenvalue weighted by atomic mass is 16.2. The van der Waals surface area contributed by atoms with Gasteiger partial charge in [-0.15, -0.1) is 0 Å². The monoisotopic (exact) mass is 360 g/mol. The number of nitrogens with zero attached hydrogens (tertiary/aromatic N) is 4. The standard InChI is InChI=1S/C20H32N4O2/c1-21(2)20(26)24(16-8-5-4-6-9-16)15-19(25)23(17-11-12-17)14-18-10-7-13-22(18)3/h7,10,13,16-17H,4-6,8-9,11-12,14-15H2,1-3H3. The summed E-state index contributed by atoms with van der Waals surface area (Å²) in [5.74, 6) is 0.0782. The summed E-state index contributed by atoms with van der Waals surface area (Å²) in [5.41, 5.74) is 1.13. The second-order valence-electron chi connectivity index (χ2n) is 7.96. The molecule has 0 atom stereocenters. The van der Waals surface area contributed by atoms with E-state index in [0.717, 1.165) is 44.2 Å². The van der Waals surface area contributed by atoms with Gasteiger partial charge in [-0.2, -0.15) is 0 Å². The third-order valence-corrected chi connectivity index (χ3v) is 5.64. The molecule has 2 fully saturated rings. The van der Waals surface area contributed by atoms with Gasteiger partial charge in [0.15, 0.2) is 0 Å². The van der Waals surface area contributed by atoms with Gasteiger partial charge >= 0.3 is 6.03 Å². The average Bonchev–Trinajstić information content (AvgIpc) is 3.40. The van der Waals surface area contributed by atoms with Gasteiger partial charge in [-0.3, -0.25) is 4.79 Å². The molecule has 26 heavy (non-hydrogen) atoms. The zero-order chi connectivity index (χ0) is 18.7. The van der Waals surface area contributed by atoms with Crippen LogP contribution in [0.4, 0.5) is 4.79 Å². The molecule has 6 nitrogen and oxygen atoms in total. The summed E-state index contributed by atoms with van der Waals surface area (Å²) in [6.07, 6.45) is 9.69. The van der Waals surface area contributed by atoms with E-state index in [1.807, 2.05) is 29.1 Å². The van der Waals surface area contributed by atoms with Crippen molar-refractivity contribution in [1.29, 1.82) is 0 Å². The van der Waals surface area contributed by atoms with Crippen molar-refractivity contribution in [2.75, 3.05) is 20.6 Å². The summed E-state index contributed by atoms with van der Waals surface area (Å²) < 4.78 is 2.06. The van der Waals surface area contributed by atoms with Crippen molar-refractivity contribution in [3.63, 3.8) is 0 Å². The quantitative estimate of drug-likeness (QED) is 0.783. The van der Waals surface area contributed by atoms with Crippen LogP contribution in [0.15, 0.2) is 18.3 Å². The molecular weight excluding hydrogens is 328 g/mol. The highest BCUT2D eigenvalue weighted by molar-refractivity contribution is 5.84. The van der Waals surface area contributed by atoms with Crippen LogP contribution in [-0.2, 0) is 18.4 Å². The number of hydrogen-bond donors (Lipinski definition) is 0. The topological polar surface area (TPSA) is 48.8 Å². The summed E-state index contributed by atoms with van der Waals surface area (Å²) in [6, 6.07) is 4.56. The number of aromatic nitrogens is 1. The van der Waals surface area contributed by atoms with Gasteiger partial charge in [0.05, 0.1) is 6.54 Å². The van der Waals surface area contributed by atoms with E-state index in [1.54, 1.807) is 19.0 Å². The molecule has 1 aromatic heterocycles. The van der Waals surface area contributed by atoms with Crippen LogP contribution >= 0.6 is 0 Å². The van der Waals surface area contributed by atoms with Gasteiger partial charge in [0, 0.05) is 45.1 Å². The van der Waals surface area contributed by atoms with Crippen molar-refractivity contribution in [3.05, 3.63) is 24.0 Å². The molecule has 1 aromatic rings. The third-order valence-electron chi connectivity index (χ3n) is 5.64. The van der Waals surface area contributed by atoms with Gasteiger partial charge in [0.1, 0.15) is 6.54 Å². The number of aryl methyl sites for hydroxylation is 1. The maximum Gasteiger partial charge on any atom is 0.320 e. The Hall–Kier alpha value is -1.98. The second kappa shape index (κ2) is 8.14. The molecule has 0 saturated heterocycles. The summed E-state index contributed by atoms with van der Waals surface area (Å²) in [5, 5.41) is 0. The normalized spacial score (nSPS) is 17.8. The minimum absolute atomic E-state index is 0.0418. The fourth-order valence-corrected chi connectivity index (χ4v) is 3.88. The van der Waals surface area contributed by atoms with E-state index in [4.69, 9.17) is 0 Å². The third kappa shape index (κ3) is 4.40. The first-order valence-electron chi connectivity index (χ1n) is 9.85. The Morgan fingerprint density at radius 1 is 1.04 bits per heavy atom. The summed E-state index contributed by atoms with van der Waals surface area (Å²) in [6.45, 7) is 0.824. The predicted octanol–water partition coefficient (Wildman–Crippen LogP) is 2.83. The van der Waals surface area contributed by atoms with Gasteiger partial charge in [0.2, 0.25) is 5.91 Å². The maximum absolute atomic E-state index is 13.1. The molecule has 2 aliphatic rings. The minimum atomic E-state index is -0.0418. The van der Waals surface area contributed by atoms with Crippen LogP contribution in [0.25, 0.3) is 0 Å². The van der Waals surface area contributed by atoms with Crippen LogP contribution in [0.1, 0.15) is 50.6 Å². The Morgan fingerprint density at radius 3 is 2.23 bits per heavy atom. The predicted molar refractivity (Wildman–Crippen MR) is 102 cm³/mol. The summed E-state index contributed by atoms with van der Waals surface area (Å²) in [4.78, 5) is 31.3. The number of amides is 3. The molecule has 3 rings (SSSR count). The Labute approximate surface area is 156 Å². The van der Waals surface area contributed by atoms with E-state index >= 15 is 0 Å². The van der Waals surface area contributed by atoms with Gasteiger partial charge in [-0.05, 0) is 37.8 Å². The smallest absolute Gasteiger partial charge is 0.320 e. The molecule has 0 bridgehead atoms. The van der Waals surface area contributed by atoms with E-state index in [2.05, 4.69) is 10.6 Å². The number of hydrogen-bond acceptors (Lipinski definition) is 2. The molecule has 144 valence electrons. The molecule has 1 heterocycles. The zero-order valence-corrected chi connectivity index (χ0v) is 16.4. The molecule has 0 aromatic carbocycles. The largest absolute Gasteiger partial charge is 0.353 e. The maximum atomic E-state index is 13.1. The summed E-state index contributed by atoms with van der Waals surface area (Å²) in [7, 11) is 5.55. The molecule has 0 radical (unpaired) electrons. The Balaban J connectivity index is 1.72. The highest BCUT2D eigenvalue weighted by Crippen LogP contribution is 2.29. The van der Waals surface area contributed by atoms with Crippen molar-refractivity contribution < 1.29 is 9.59 Å². The van der Waals surface area contributed by atoms with Crippen LogP contribution in [0, 0.1) is 0 Å². The van der Waals surface area contributed by atoms with Crippen molar-refractivity contribution >= 4 is 11.9 Å². The number of urea groups is 1. The number of rotatable bonds is 6. The highest BCUT2D eigenvalue weighted by Gasteiger charge is 2.36. The first-order valence-corrected chi connectivity index (χ1v) is 9.85. The Bertz CT molecular complexity index is 630. The van der Waals surface area contributed by atoms with Gasteiger partial charge in [-0.25, -0.2) is 4.79 Å². The lowest BCUT2D eigenvalue weighted by atomic mass is 9.94. The second-order valence-corrected chi connectivity index (χ2v) is 7.96. The van der Waals surface area contributed by atoms with E-state index in [0.29, 0.717) is 12.6 Å². The van der Waals surface area contributed by atoms with Crippen LogP contribution in [-0.4, -0.2) is 63.9 Å². The lowest BCUT2D eigenvalue weighted by molar-refractivity contribution is -0.133. The number of carbonyl (C=O) groups is 2. The van der Waals surface area contributed by atoms with E-state index in [-0.39, 0.29) is 24.5 Å². The van der Waals surface area contributed by atoms with Crippen molar-refractivity contribution in [3.8, 4) is 0 Å². The minimum Gasteiger partial charge on any atom is -0.353 e. The van der Waals surface area contributed by atoms with E-state index in [9.17, 15) is 9.59 Å². The van der Waals surface area contributed by atoms with Crippen LogP contribution in [0.5, 0.6) is 0 Å². The van der Waals surface area contributed by atoms with E-state index in [1.165, 1.54) is 6.42 Å². The van der Waals surface area contributed by atoms with Crippen LogP contribution in [0.3, 0.4) is 0 Å². The van der Waals surface area contributed by atoms with Crippen molar-refractivity contribution in [2.24, 2.45) is 7.05 Å². The van der Waals surface area contributed by atoms with Crippen LogP contribution in [0.2, 0.25) is 0 Å². The average molecular weight is 361 g/mol. The van der Waals surface area contributed by atoms with Gasteiger partial charge in [-0.1, -0.05) is 19.3 Å². The lowest BCUT2D eigenvalue weighted by Crippen LogP contribution is -2.51. The molecule has 0 aliphatic heterocycles. The molecule has 2 aliphatic carbocycles. The molecule has 6 heteroatoms. The van der Waals surface area contributed by atoms with Gasteiger partial charge in [0.25, 0.3) is 0 Å². The Kier molecular flexibility index (Phi) is 5.89. The van der Waals surface area contributed by atoms with Gasteiger partial charge < -0.3 is 19.3 Å².